The Morgan fingerprint density at radius 2 is 1.95 bits per heavy atom. The van der Waals surface area contributed by atoms with Crippen molar-refractivity contribution in [3.63, 3.8) is 0 Å². The van der Waals surface area contributed by atoms with Gasteiger partial charge in [-0.3, -0.25) is 0 Å². The lowest BCUT2D eigenvalue weighted by Gasteiger charge is -2.10. The summed E-state index contributed by atoms with van der Waals surface area (Å²) >= 11 is 0. The Balaban J connectivity index is 1.96. The van der Waals surface area contributed by atoms with E-state index in [1.807, 2.05) is 30.3 Å². The van der Waals surface area contributed by atoms with Gasteiger partial charge in [0, 0.05) is 5.56 Å². The molecule has 1 aliphatic heterocycles. The van der Waals surface area contributed by atoms with Crippen LogP contribution in [0.2, 0.25) is 0 Å². The molecule has 19 heavy (non-hydrogen) atoms. The number of aliphatic imine (C=N–C) groups is 1. The zero-order valence-corrected chi connectivity index (χ0v) is 9.89. The summed E-state index contributed by atoms with van der Waals surface area (Å²) in [5, 5.41) is 9.21. The summed E-state index contributed by atoms with van der Waals surface area (Å²) in [6.45, 7) is 0. The highest BCUT2D eigenvalue weighted by atomic mass is 16.5. The van der Waals surface area contributed by atoms with Gasteiger partial charge in [0.1, 0.15) is 5.76 Å². The molecule has 3 rings (SSSR count). The van der Waals surface area contributed by atoms with Crippen LogP contribution in [0, 0.1) is 0 Å². The van der Waals surface area contributed by atoms with Crippen LogP contribution in [-0.4, -0.2) is 23.1 Å². The fourth-order valence-electron chi connectivity index (χ4n) is 1.99. The number of rotatable bonds is 3. The van der Waals surface area contributed by atoms with E-state index >= 15 is 0 Å². The van der Waals surface area contributed by atoms with Gasteiger partial charge in [-0.05, 0) is 24.3 Å². The van der Waals surface area contributed by atoms with Gasteiger partial charge in [0.25, 0.3) is 0 Å². The van der Waals surface area contributed by atoms with E-state index in [-0.39, 0.29) is 0 Å². The Bertz CT molecular complexity index is 604. The standard InChI is InChI=1S/C14H11NO4/c16-14(17)12-11(10-7-4-8-18-10)15-13(19-12)9-5-2-1-3-6-9/h1-8,11-12H,(H,16,17)/t11-,12?/m0/s1. The molecule has 5 nitrogen and oxygen atoms in total. The number of ether oxygens (including phenoxy) is 1. The van der Waals surface area contributed by atoms with E-state index in [9.17, 15) is 9.90 Å². The zero-order chi connectivity index (χ0) is 13.2. The lowest BCUT2D eigenvalue weighted by atomic mass is 10.1. The number of hydrogen-bond acceptors (Lipinski definition) is 4. The topological polar surface area (TPSA) is 72.0 Å². The highest BCUT2D eigenvalue weighted by Crippen LogP contribution is 2.31. The first kappa shape index (κ1) is 11.5. The fraction of sp³-hybridized carbons (Fsp3) is 0.143. The molecule has 1 N–H and O–H groups in total. The molecule has 0 bridgehead atoms. The second-order valence-electron chi connectivity index (χ2n) is 4.14. The lowest BCUT2D eigenvalue weighted by Crippen LogP contribution is -2.26. The molecular weight excluding hydrogens is 246 g/mol. The van der Waals surface area contributed by atoms with E-state index in [0.29, 0.717) is 11.7 Å². The predicted octanol–water partition coefficient (Wildman–Crippen LogP) is 2.25. The lowest BCUT2D eigenvalue weighted by molar-refractivity contribution is -0.145. The number of benzene rings is 1. The molecule has 0 aliphatic carbocycles. The van der Waals surface area contributed by atoms with E-state index in [1.165, 1.54) is 6.26 Å². The van der Waals surface area contributed by atoms with Crippen LogP contribution in [0.5, 0.6) is 0 Å². The first-order valence-electron chi connectivity index (χ1n) is 5.82. The third-order valence-corrected chi connectivity index (χ3v) is 2.88. The Kier molecular flexibility index (Phi) is 2.79. The SMILES string of the molecule is O=C(O)C1OC(c2ccccc2)=N[C@H]1c1ccco1. The molecule has 0 saturated heterocycles. The van der Waals surface area contributed by atoms with Crippen LogP contribution in [0.4, 0.5) is 0 Å². The Labute approximate surface area is 109 Å². The first-order chi connectivity index (χ1) is 9.25. The Morgan fingerprint density at radius 3 is 2.58 bits per heavy atom. The smallest absolute Gasteiger partial charge is 0.347 e. The normalized spacial score (nSPS) is 21.8. The van der Waals surface area contributed by atoms with Gasteiger partial charge in [-0.2, -0.15) is 0 Å². The second-order valence-corrected chi connectivity index (χ2v) is 4.14. The molecule has 96 valence electrons. The van der Waals surface area contributed by atoms with Gasteiger partial charge >= 0.3 is 5.97 Å². The van der Waals surface area contributed by atoms with Gasteiger partial charge in [-0.1, -0.05) is 18.2 Å². The molecule has 0 radical (unpaired) electrons. The molecule has 0 saturated carbocycles. The number of carboxylic acids is 1. The van der Waals surface area contributed by atoms with Crippen LogP contribution >= 0.6 is 0 Å². The Hall–Kier alpha value is -2.56. The molecule has 1 aliphatic rings. The minimum atomic E-state index is -1.06. The molecular formula is C14H11NO4. The van der Waals surface area contributed by atoms with Gasteiger partial charge in [0.2, 0.25) is 12.0 Å². The number of carboxylic acid groups (broad SMARTS) is 1. The van der Waals surface area contributed by atoms with Gasteiger partial charge in [-0.15, -0.1) is 0 Å². The van der Waals surface area contributed by atoms with Crippen LogP contribution in [0.1, 0.15) is 17.4 Å². The fourth-order valence-corrected chi connectivity index (χ4v) is 1.99. The monoisotopic (exact) mass is 257 g/mol. The van der Waals surface area contributed by atoms with E-state index in [4.69, 9.17) is 9.15 Å². The molecule has 1 unspecified atom stereocenters. The number of hydrogen-bond donors (Lipinski definition) is 1. The molecule has 2 heterocycles. The van der Waals surface area contributed by atoms with Crippen LogP contribution in [0.15, 0.2) is 58.1 Å². The summed E-state index contributed by atoms with van der Waals surface area (Å²) in [7, 11) is 0. The average Bonchev–Trinajstić information content (AvgIpc) is 3.08. The highest BCUT2D eigenvalue weighted by Gasteiger charge is 2.39. The molecule has 0 amide bonds. The summed E-state index contributed by atoms with van der Waals surface area (Å²) in [6, 6.07) is 11.9. The van der Waals surface area contributed by atoms with Gasteiger partial charge < -0.3 is 14.3 Å². The summed E-state index contributed by atoms with van der Waals surface area (Å²) in [5.41, 5.74) is 0.753. The minimum Gasteiger partial charge on any atom is -0.478 e. The first-order valence-corrected chi connectivity index (χ1v) is 5.82. The van der Waals surface area contributed by atoms with Crippen molar-refractivity contribution in [2.24, 2.45) is 4.99 Å². The van der Waals surface area contributed by atoms with Crippen molar-refractivity contribution in [2.45, 2.75) is 12.1 Å². The quantitative estimate of drug-likeness (QED) is 0.915. The van der Waals surface area contributed by atoms with E-state index < -0.39 is 18.1 Å². The van der Waals surface area contributed by atoms with Crippen molar-refractivity contribution in [1.82, 2.24) is 0 Å². The van der Waals surface area contributed by atoms with E-state index in [2.05, 4.69) is 4.99 Å². The van der Waals surface area contributed by atoms with Crippen LogP contribution in [0.3, 0.4) is 0 Å². The van der Waals surface area contributed by atoms with Crippen molar-refractivity contribution < 1.29 is 19.1 Å². The number of furan rings is 1. The van der Waals surface area contributed by atoms with Crippen molar-refractivity contribution in [2.75, 3.05) is 0 Å². The maximum Gasteiger partial charge on any atom is 0.347 e. The number of nitrogens with zero attached hydrogens (tertiary/aromatic N) is 1. The summed E-state index contributed by atoms with van der Waals surface area (Å²) < 4.78 is 10.7. The molecule has 1 aromatic carbocycles. The predicted molar refractivity (Wildman–Crippen MR) is 66.9 cm³/mol. The van der Waals surface area contributed by atoms with Crippen molar-refractivity contribution >= 4 is 11.9 Å². The Morgan fingerprint density at radius 1 is 1.16 bits per heavy atom. The summed E-state index contributed by atoms with van der Waals surface area (Å²) in [6.07, 6.45) is 0.436. The summed E-state index contributed by atoms with van der Waals surface area (Å²) in [5.74, 6) is -0.246. The van der Waals surface area contributed by atoms with Crippen LogP contribution in [0.25, 0.3) is 0 Å². The number of aliphatic carboxylic acids is 1. The molecule has 0 fully saturated rings. The van der Waals surface area contributed by atoms with Crippen molar-refractivity contribution in [3.05, 3.63) is 60.1 Å². The third kappa shape index (κ3) is 2.10. The number of carbonyl (C=O) groups is 1. The molecule has 5 heteroatoms. The van der Waals surface area contributed by atoms with Crippen molar-refractivity contribution in [1.29, 1.82) is 0 Å². The maximum atomic E-state index is 11.2. The molecule has 2 aromatic rings. The highest BCUT2D eigenvalue weighted by molar-refractivity contribution is 5.97. The van der Waals surface area contributed by atoms with Crippen LogP contribution < -0.4 is 0 Å². The zero-order valence-electron chi connectivity index (χ0n) is 9.89. The van der Waals surface area contributed by atoms with Gasteiger partial charge in [0.05, 0.1) is 6.26 Å². The van der Waals surface area contributed by atoms with Crippen molar-refractivity contribution in [3.8, 4) is 0 Å². The van der Waals surface area contributed by atoms with E-state index in [1.54, 1.807) is 12.1 Å². The van der Waals surface area contributed by atoms with E-state index in [0.717, 1.165) is 5.56 Å². The average molecular weight is 257 g/mol. The minimum absolute atomic E-state index is 0.328. The maximum absolute atomic E-state index is 11.2. The second kappa shape index (κ2) is 4.61. The third-order valence-electron chi connectivity index (χ3n) is 2.88. The van der Waals surface area contributed by atoms with Gasteiger partial charge in [-0.25, -0.2) is 9.79 Å². The molecule has 1 aromatic heterocycles. The van der Waals surface area contributed by atoms with Crippen LogP contribution in [-0.2, 0) is 9.53 Å². The molecule has 0 spiro atoms. The van der Waals surface area contributed by atoms with Gasteiger partial charge in [0.15, 0.2) is 6.04 Å². The molecule has 2 atom stereocenters. The summed E-state index contributed by atoms with van der Waals surface area (Å²) in [4.78, 5) is 15.6. The largest absolute Gasteiger partial charge is 0.478 e.